The first kappa shape index (κ1) is 18.8. The minimum absolute atomic E-state index is 0.0404. The van der Waals surface area contributed by atoms with Gasteiger partial charge in [-0.3, -0.25) is 0 Å². The Morgan fingerprint density at radius 3 is 2.73 bits per heavy atom. The Bertz CT molecular complexity index is 495. The molecule has 0 bridgehead atoms. The van der Waals surface area contributed by atoms with Gasteiger partial charge in [0.25, 0.3) is 7.41 Å². The Labute approximate surface area is 135 Å². The second kappa shape index (κ2) is 9.02. The highest BCUT2D eigenvalue weighted by atomic mass is 32.1. The van der Waals surface area contributed by atoms with Gasteiger partial charge >= 0.3 is 5.97 Å². The summed E-state index contributed by atoms with van der Waals surface area (Å²) in [6, 6.07) is 0.0962. The minimum Gasteiger partial charge on any atom is -0.476 e. The molecular formula is C14H22BN2O4S. The Balaban J connectivity index is 2.92. The predicted octanol–water partition coefficient (Wildman–Crippen LogP) is 2.07. The zero-order valence-electron chi connectivity index (χ0n) is 13.4. The molecule has 0 aliphatic rings. The van der Waals surface area contributed by atoms with Crippen LogP contribution in [0.3, 0.4) is 0 Å². The van der Waals surface area contributed by atoms with Gasteiger partial charge < -0.3 is 19.4 Å². The largest absolute Gasteiger partial charge is 0.476 e. The van der Waals surface area contributed by atoms with Crippen molar-refractivity contribution in [2.75, 3.05) is 13.7 Å². The molecule has 0 aliphatic carbocycles. The third-order valence-corrected chi connectivity index (χ3v) is 4.37. The second-order valence-corrected chi connectivity index (χ2v) is 6.21. The van der Waals surface area contributed by atoms with Gasteiger partial charge in [0, 0.05) is 18.0 Å². The number of carbonyl (C=O) groups is 2. The van der Waals surface area contributed by atoms with Crippen molar-refractivity contribution in [1.29, 1.82) is 0 Å². The van der Waals surface area contributed by atoms with Crippen molar-refractivity contribution in [3.8, 4) is 0 Å². The standard InChI is InChI=1S/C14H22BN2O4S/c1-5-21-12(13-16-10(7-22-13)14(19)20)6-11(9(2)3)17(4)15-8-18/h7-9,11-12H,5-6H2,1-4H3,(H,19,20)/t11?,12-/m0/s1. The van der Waals surface area contributed by atoms with E-state index in [-0.39, 0.29) is 17.8 Å². The zero-order chi connectivity index (χ0) is 16.7. The van der Waals surface area contributed by atoms with Crippen molar-refractivity contribution < 1.29 is 19.4 Å². The molecule has 1 heterocycles. The number of nitrogens with zero attached hydrogens (tertiary/aromatic N) is 2. The number of carboxylic acids is 1. The van der Waals surface area contributed by atoms with Crippen LogP contribution in [0, 0.1) is 5.92 Å². The van der Waals surface area contributed by atoms with E-state index in [9.17, 15) is 9.59 Å². The number of ether oxygens (including phenoxy) is 1. The van der Waals surface area contributed by atoms with E-state index >= 15 is 0 Å². The number of thiazole rings is 1. The normalized spacial score (nSPS) is 14.1. The summed E-state index contributed by atoms with van der Waals surface area (Å²) >= 11 is 1.29. The molecule has 8 heteroatoms. The lowest BCUT2D eigenvalue weighted by molar-refractivity contribution is 0.0363. The summed E-state index contributed by atoms with van der Waals surface area (Å²) in [7, 11) is 3.35. The van der Waals surface area contributed by atoms with Gasteiger partial charge in [-0.25, -0.2) is 9.78 Å². The molecule has 0 saturated carbocycles. The first-order valence-electron chi connectivity index (χ1n) is 7.21. The topological polar surface area (TPSA) is 79.7 Å². The van der Waals surface area contributed by atoms with Gasteiger partial charge in [0.2, 0.25) is 0 Å². The lowest BCUT2D eigenvalue weighted by Gasteiger charge is -2.32. The summed E-state index contributed by atoms with van der Waals surface area (Å²) in [6.07, 6.45) is 1.12. The number of carbonyl (C=O) groups excluding carboxylic acids is 1. The van der Waals surface area contributed by atoms with Crippen LogP contribution in [-0.4, -0.2) is 54.2 Å². The predicted molar refractivity (Wildman–Crippen MR) is 87.0 cm³/mol. The van der Waals surface area contributed by atoms with E-state index in [1.807, 2.05) is 18.8 Å². The van der Waals surface area contributed by atoms with E-state index in [1.165, 1.54) is 24.1 Å². The lowest BCUT2D eigenvalue weighted by atomic mass is 9.86. The van der Waals surface area contributed by atoms with Gasteiger partial charge in [-0.15, -0.1) is 11.3 Å². The van der Waals surface area contributed by atoms with Crippen LogP contribution < -0.4 is 0 Å². The highest BCUT2D eigenvalue weighted by molar-refractivity contribution is 7.09. The number of hydrogen-bond acceptors (Lipinski definition) is 6. The maximum atomic E-state index is 11.0. The van der Waals surface area contributed by atoms with Crippen LogP contribution in [0.4, 0.5) is 0 Å². The molecule has 121 valence electrons. The maximum Gasteiger partial charge on any atom is 0.355 e. The number of rotatable bonds is 10. The highest BCUT2D eigenvalue weighted by Gasteiger charge is 2.27. The summed E-state index contributed by atoms with van der Waals surface area (Å²) in [5.41, 5.74) is 0.0404. The van der Waals surface area contributed by atoms with Crippen molar-refractivity contribution in [3.05, 3.63) is 16.1 Å². The van der Waals surface area contributed by atoms with E-state index in [0.717, 1.165) is 6.19 Å². The fraction of sp³-hybridized carbons (Fsp3) is 0.643. The molecule has 1 radical (unpaired) electrons. The van der Waals surface area contributed by atoms with Gasteiger partial charge in [-0.1, -0.05) is 13.8 Å². The van der Waals surface area contributed by atoms with Crippen molar-refractivity contribution in [2.24, 2.45) is 5.92 Å². The molecule has 0 spiro atoms. The molecule has 1 aromatic heterocycles. The van der Waals surface area contributed by atoms with Crippen LogP contribution in [0.5, 0.6) is 0 Å². The number of aromatic nitrogens is 1. The molecule has 0 amide bonds. The SMILES string of the molecule is CCO[C@@H](CC(C(C)C)N(C)[B]C=O)c1nc(C(=O)O)cs1. The quantitative estimate of drug-likeness (QED) is 0.524. The van der Waals surface area contributed by atoms with E-state index in [2.05, 4.69) is 18.8 Å². The van der Waals surface area contributed by atoms with Crippen LogP contribution in [-0.2, 0) is 9.53 Å². The maximum absolute atomic E-state index is 11.0. The van der Waals surface area contributed by atoms with Gasteiger partial charge in [-0.2, -0.15) is 0 Å². The highest BCUT2D eigenvalue weighted by Crippen LogP contribution is 2.29. The van der Waals surface area contributed by atoms with Gasteiger partial charge in [0.15, 0.2) is 5.69 Å². The molecule has 0 fully saturated rings. The number of carboxylic acid groups (broad SMARTS) is 1. The molecule has 2 atom stereocenters. The lowest BCUT2D eigenvalue weighted by Crippen LogP contribution is -2.40. The molecule has 6 nitrogen and oxygen atoms in total. The van der Waals surface area contributed by atoms with Gasteiger partial charge in [-0.05, 0) is 26.3 Å². The fourth-order valence-electron chi connectivity index (χ4n) is 2.31. The van der Waals surface area contributed by atoms with Crippen LogP contribution in [0.1, 0.15) is 48.8 Å². The van der Waals surface area contributed by atoms with Crippen molar-refractivity contribution >= 4 is 30.9 Å². The van der Waals surface area contributed by atoms with Crippen molar-refractivity contribution in [1.82, 2.24) is 9.79 Å². The third-order valence-electron chi connectivity index (χ3n) is 3.43. The van der Waals surface area contributed by atoms with Crippen molar-refractivity contribution in [3.63, 3.8) is 0 Å². The van der Waals surface area contributed by atoms with Crippen LogP contribution in [0.15, 0.2) is 5.38 Å². The van der Waals surface area contributed by atoms with Gasteiger partial charge in [0.1, 0.15) is 11.1 Å². The summed E-state index contributed by atoms with van der Waals surface area (Å²) < 4.78 is 5.76. The first-order chi connectivity index (χ1) is 10.4. The summed E-state index contributed by atoms with van der Waals surface area (Å²) in [6.45, 7) is 6.56. The van der Waals surface area contributed by atoms with Crippen molar-refractivity contribution in [2.45, 2.75) is 39.3 Å². The van der Waals surface area contributed by atoms with Crippen LogP contribution in [0.2, 0.25) is 0 Å². The van der Waals surface area contributed by atoms with E-state index in [0.29, 0.717) is 24.0 Å². The van der Waals surface area contributed by atoms with E-state index < -0.39 is 5.97 Å². The molecule has 1 N–H and O–H groups in total. The average Bonchev–Trinajstić information content (AvgIpc) is 2.93. The summed E-state index contributed by atoms with van der Waals surface area (Å²) in [5, 5.41) is 11.2. The third kappa shape index (κ3) is 5.19. The monoisotopic (exact) mass is 325 g/mol. The Hall–Kier alpha value is -1.25. The Kier molecular flexibility index (Phi) is 7.71. The second-order valence-electron chi connectivity index (χ2n) is 5.32. The molecular weight excluding hydrogens is 303 g/mol. The Morgan fingerprint density at radius 2 is 2.27 bits per heavy atom. The molecule has 1 unspecified atom stereocenters. The molecule has 0 aliphatic heterocycles. The molecule has 1 aromatic rings. The Morgan fingerprint density at radius 1 is 1.59 bits per heavy atom. The average molecular weight is 325 g/mol. The summed E-state index contributed by atoms with van der Waals surface area (Å²) in [5.74, 6) is -0.729. The molecule has 0 saturated heterocycles. The zero-order valence-corrected chi connectivity index (χ0v) is 14.2. The molecule has 1 rings (SSSR count). The molecule has 22 heavy (non-hydrogen) atoms. The molecule has 0 aromatic carbocycles. The van der Waals surface area contributed by atoms with Crippen LogP contribution >= 0.6 is 11.3 Å². The number of aromatic carboxylic acids is 1. The minimum atomic E-state index is -1.04. The first-order valence-corrected chi connectivity index (χ1v) is 8.09. The van der Waals surface area contributed by atoms with E-state index in [1.54, 1.807) is 0 Å². The van der Waals surface area contributed by atoms with Crippen LogP contribution in [0.25, 0.3) is 0 Å². The van der Waals surface area contributed by atoms with E-state index in [4.69, 9.17) is 9.84 Å². The smallest absolute Gasteiger partial charge is 0.355 e. The summed E-state index contributed by atoms with van der Waals surface area (Å²) in [4.78, 5) is 27.7. The fourth-order valence-corrected chi connectivity index (χ4v) is 3.16. The number of hydrogen-bond donors (Lipinski definition) is 1. The van der Waals surface area contributed by atoms with Gasteiger partial charge in [0.05, 0.1) is 6.19 Å².